The summed E-state index contributed by atoms with van der Waals surface area (Å²) in [7, 11) is 3.17. The van der Waals surface area contributed by atoms with E-state index in [9.17, 15) is 9.90 Å². The summed E-state index contributed by atoms with van der Waals surface area (Å²) in [5, 5.41) is 13.0. The number of benzene rings is 1. The van der Waals surface area contributed by atoms with Crippen LogP contribution in [0.3, 0.4) is 0 Å². The van der Waals surface area contributed by atoms with Gasteiger partial charge >= 0.3 is 0 Å². The predicted octanol–water partition coefficient (Wildman–Crippen LogP) is 3.57. The van der Waals surface area contributed by atoms with E-state index >= 15 is 0 Å². The van der Waals surface area contributed by atoms with E-state index in [1.165, 1.54) is 12.7 Å². The van der Waals surface area contributed by atoms with Gasteiger partial charge in [0.1, 0.15) is 5.75 Å². The summed E-state index contributed by atoms with van der Waals surface area (Å²) in [5.41, 5.74) is 3.96. The van der Waals surface area contributed by atoms with Crippen molar-refractivity contribution < 1.29 is 19.4 Å². The molecule has 1 aromatic carbocycles. The van der Waals surface area contributed by atoms with Crippen LogP contribution in [-0.4, -0.2) is 49.5 Å². The molecule has 0 radical (unpaired) electrons. The lowest BCUT2D eigenvalue weighted by Crippen LogP contribution is -2.40. The van der Waals surface area contributed by atoms with Crippen LogP contribution in [0, 0.1) is 5.41 Å². The van der Waals surface area contributed by atoms with Gasteiger partial charge in [-0.25, -0.2) is 0 Å². The Balaban J connectivity index is 1.97. The lowest BCUT2D eigenvalue weighted by atomic mass is 9.77. The number of aromatic nitrogens is 1. The highest BCUT2D eigenvalue weighted by atomic mass is 16.5. The number of methoxy groups -OCH3 is 2. The Morgan fingerprint density at radius 2 is 2.10 bits per heavy atom. The molecule has 6 heteroatoms. The number of amides is 1. The maximum absolute atomic E-state index is 12.6. The zero-order valence-electron chi connectivity index (χ0n) is 17.6. The van der Waals surface area contributed by atoms with Gasteiger partial charge in [-0.05, 0) is 48.4 Å². The molecule has 1 heterocycles. The van der Waals surface area contributed by atoms with Gasteiger partial charge in [-0.1, -0.05) is 19.9 Å². The average molecular weight is 399 g/mol. The molecular formula is C23H30N2O4. The van der Waals surface area contributed by atoms with Crippen LogP contribution in [0.4, 0.5) is 0 Å². The minimum atomic E-state index is -0.459. The summed E-state index contributed by atoms with van der Waals surface area (Å²) in [4.78, 5) is 17.2. The number of allylic oxidation sites excluding steroid dienone is 2. The predicted molar refractivity (Wildman–Crippen MR) is 114 cm³/mol. The van der Waals surface area contributed by atoms with Crippen molar-refractivity contribution in [3.8, 4) is 5.75 Å². The van der Waals surface area contributed by atoms with Gasteiger partial charge in [0.2, 0.25) is 0 Å². The number of hydrogen-bond acceptors (Lipinski definition) is 5. The third kappa shape index (κ3) is 4.95. The van der Waals surface area contributed by atoms with Gasteiger partial charge in [0.05, 0.1) is 37.4 Å². The zero-order chi connectivity index (χ0) is 21.0. The molecule has 0 saturated heterocycles. The van der Waals surface area contributed by atoms with Crippen molar-refractivity contribution in [1.82, 2.24) is 10.3 Å². The van der Waals surface area contributed by atoms with Crippen molar-refractivity contribution in [3.63, 3.8) is 0 Å². The van der Waals surface area contributed by atoms with E-state index in [4.69, 9.17) is 9.47 Å². The summed E-state index contributed by atoms with van der Waals surface area (Å²) < 4.78 is 10.5. The van der Waals surface area contributed by atoms with Crippen molar-refractivity contribution in [1.29, 1.82) is 0 Å². The lowest BCUT2D eigenvalue weighted by Gasteiger charge is -2.29. The molecule has 1 amide bonds. The number of carbonyl (C=O) groups is 1. The highest BCUT2D eigenvalue weighted by molar-refractivity contribution is 6.00. The summed E-state index contributed by atoms with van der Waals surface area (Å²) in [5.74, 6) is 0.448. The first-order valence-corrected chi connectivity index (χ1v) is 9.94. The van der Waals surface area contributed by atoms with E-state index in [-0.39, 0.29) is 19.1 Å². The van der Waals surface area contributed by atoms with Crippen LogP contribution in [0.5, 0.6) is 5.75 Å². The second-order valence-corrected chi connectivity index (χ2v) is 8.38. The average Bonchev–Trinajstić information content (AvgIpc) is 2.72. The summed E-state index contributed by atoms with van der Waals surface area (Å²) in [6.45, 7) is 4.63. The maximum atomic E-state index is 12.6. The summed E-state index contributed by atoms with van der Waals surface area (Å²) in [6.07, 6.45) is 7.04. The number of pyridine rings is 1. The Hall–Kier alpha value is -2.44. The van der Waals surface area contributed by atoms with Crippen molar-refractivity contribution >= 4 is 22.4 Å². The van der Waals surface area contributed by atoms with Crippen molar-refractivity contribution in [3.05, 3.63) is 41.6 Å². The number of nitrogens with zero attached hydrogens (tertiary/aromatic N) is 1. The highest BCUT2D eigenvalue weighted by Crippen LogP contribution is 2.40. The molecule has 2 aromatic rings. The highest BCUT2D eigenvalue weighted by Gasteiger charge is 2.23. The number of hydrogen-bond donors (Lipinski definition) is 2. The minimum absolute atomic E-state index is 0.191. The van der Waals surface area contributed by atoms with Crippen molar-refractivity contribution in [2.75, 3.05) is 27.4 Å². The lowest BCUT2D eigenvalue weighted by molar-refractivity contribution is 0.0839. The molecule has 0 aliphatic heterocycles. The molecule has 1 aliphatic carbocycles. The monoisotopic (exact) mass is 398 g/mol. The minimum Gasteiger partial charge on any atom is -0.497 e. The maximum Gasteiger partial charge on any atom is 0.253 e. The number of fused-ring (bicyclic) bond motifs is 1. The van der Waals surface area contributed by atoms with E-state index < -0.39 is 6.04 Å². The largest absolute Gasteiger partial charge is 0.497 e. The second kappa shape index (κ2) is 8.93. The van der Waals surface area contributed by atoms with Crippen LogP contribution < -0.4 is 10.1 Å². The number of nitrogens with one attached hydrogen (secondary N) is 1. The van der Waals surface area contributed by atoms with Gasteiger partial charge in [-0.15, -0.1) is 0 Å². The molecule has 6 nitrogen and oxygen atoms in total. The number of carbonyl (C=O) groups excluding carboxylic acids is 1. The molecule has 0 saturated carbocycles. The Bertz CT molecular complexity index is 920. The number of aliphatic hydroxyl groups excluding tert-OH is 1. The molecule has 1 aromatic heterocycles. The van der Waals surface area contributed by atoms with Crippen LogP contribution in [0.15, 0.2) is 30.5 Å². The summed E-state index contributed by atoms with van der Waals surface area (Å²) >= 11 is 0. The fraction of sp³-hybridized carbons (Fsp3) is 0.478. The van der Waals surface area contributed by atoms with Crippen LogP contribution in [0.2, 0.25) is 0 Å². The molecule has 0 bridgehead atoms. The first kappa shape index (κ1) is 21.3. The Morgan fingerprint density at radius 1 is 1.31 bits per heavy atom. The number of rotatable bonds is 7. The third-order valence-electron chi connectivity index (χ3n) is 5.50. The quantitative estimate of drug-likeness (QED) is 0.745. The van der Waals surface area contributed by atoms with E-state index in [0.717, 1.165) is 41.5 Å². The van der Waals surface area contributed by atoms with Gasteiger partial charge in [0.15, 0.2) is 0 Å². The molecule has 1 atom stereocenters. The van der Waals surface area contributed by atoms with Crippen LogP contribution in [0.1, 0.15) is 49.0 Å². The molecule has 2 N–H and O–H groups in total. The smallest absolute Gasteiger partial charge is 0.253 e. The Labute approximate surface area is 171 Å². The number of aliphatic hydroxyl groups is 1. The van der Waals surface area contributed by atoms with Gasteiger partial charge < -0.3 is 19.9 Å². The van der Waals surface area contributed by atoms with E-state index in [2.05, 4.69) is 30.2 Å². The van der Waals surface area contributed by atoms with E-state index in [1.54, 1.807) is 13.3 Å². The van der Waals surface area contributed by atoms with Gasteiger partial charge in [0, 0.05) is 24.3 Å². The van der Waals surface area contributed by atoms with Crippen LogP contribution in [-0.2, 0) is 4.74 Å². The van der Waals surface area contributed by atoms with Gasteiger partial charge in [-0.2, -0.15) is 0 Å². The molecule has 1 aliphatic rings. The fourth-order valence-electron chi connectivity index (χ4n) is 3.64. The molecule has 0 spiro atoms. The zero-order valence-corrected chi connectivity index (χ0v) is 17.6. The summed E-state index contributed by atoms with van der Waals surface area (Å²) in [6, 6.07) is 5.28. The molecular weight excluding hydrogens is 368 g/mol. The van der Waals surface area contributed by atoms with E-state index in [1.807, 2.05) is 18.2 Å². The SMILES string of the molecule is COC[C@H](CO)NC(=O)c1cnc2c(C3=CCC(C)(C)CC3)cc(OC)cc2c1. The molecule has 3 rings (SSSR count). The number of ether oxygens (including phenoxy) is 2. The normalized spacial score (nSPS) is 16.9. The standard InChI is InChI=1S/C23H30N2O4/c1-23(2)7-5-15(6-8-23)20-11-19(29-4)10-16-9-17(12-24-21(16)20)22(27)25-18(13-26)14-28-3/h5,9-12,18,26H,6-8,13-14H2,1-4H3,(H,25,27)/t18-/m0/s1. The molecule has 0 unspecified atom stereocenters. The van der Waals surface area contributed by atoms with Crippen LogP contribution in [0.25, 0.3) is 16.5 Å². The fourth-order valence-corrected chi connectivity index (χ4v) is 3.64. The van der Waals surface area contributed by atoms with Crippen LogP contribution >= 0.6 is 0 Å². The Kier molecular flexibility index (Phi) is 6.55. The first-order valence-electron chi connectivity index (χ1n) is 9.94. The van der Waals surface area contributed by atoms with Crippen molar-refractivity contribution in [2.24, 2.45) is 5.41 Å². The topological polar surface area (TPSA) is 80.7 Å². The van der Waals surface area contributed by atoms with Gasteiger partial charge in [-0.3, -0.25) is 9.78 Å². The molecule has 156 valence electrons. The third-order valence-corrected chi connectivity index (χ3v) is 5.50. The molecule has 29 heavy (non-hydrogen) atoms. The van der Waals surface area contributed by atoms with E-state index in [0.29, 0.717) is 11.0 Å². The molecule has 0 fully saturated rings. The van der Waals surface area contributed by atoms with Gasteiger partial charge in [0.25, 0.3) is 5.91 Å². The Morgan fingerprint density at radius 3 is 2.72 bits per heavy atom. The van der Waals surface area contributed by atoms with Crippen molar-refractivity contribution in [2.45, 2.75) is 39.2 Å². The second-order valence-electron chi connectivity index (χ2n) is 8.38. The first-order chi connectivity index (χ1) is 13.9.